The summed E-state index contributed by atoms with van der Waals surface area (Å²) in [6.07, 6.45) is 4.73. The minimum Gasteiger partial charge on any atom is -0.493 e. The summed E-state index contributed by atoms with van der Waals surface area (Å²) < 4.78 is 11.9. The Morgan fingerprint density at radius 3 is 2.44 bits per heavy atom. The molecular weight excluding hydrogens is 454 g/mol. The molecule has 2 atom stereocenters. The van der Waals surface area contributed by atoms with Gasteiger partial charge in [0.2, 0.25) is 5.91 Å². The molecule has 4 rings (SSSR count). The second-order valence-corrected chi connectivity index (χ2v) is 10.4. The molecule has 1 saturated carbocycles. The summed E-state index contributed by atoms with van der Waals surface area (Å²) in [7, 11) is 1.66. The molecule has 1 amide bonds. The summed E-state index contributed by atoms with van der Waals surface area (Å²) in [6, 6.07) is 14.6. The van der Waals surface area contributed by atoms with Crippen molar-refractivity contribution in [3.63, 3.8) is 0 Å². The van der Waals surface area contributed by atoms with Gasteiger partial charge in [-0.05, 0) is 62.8 Å². The number of anilines is 1. The number of piperazine rings is 1. The first kappa shape index (κ1) is 26.0. The van der Waals surface area contributed by atoms with Crippen molar-refractivity contribution in [3.8, 4) is 11.5 Å². The Bertz CT molecular complexity index is 1060. The topological polar surface area (TPSA) is 88.3 Å². The molecule has 1 aliphatic carbocycles. The summed E-state index contributed by atoms with van der Waals surface area (Å²) in [5, 5.41) is 10.4. The standard InChI is InChI=1S/C29H39N3O4/c1-20(21-10-6-5-7-11-21)24-19-31(16-17-32(24)28(33)27(30)29(2,3)34)22-14-15-25(35-4)26(18-22)36-23-12-8-9-13-23/h5-7,10-11,14-15,18,23-24,27,34H,1,8-9,12-13,16-17,19,30H2,2-4H3. The van der Waals surface area contributed by atoms with E-state index < -0.39 is 11.6 Å². The first-order valence-electron chi connectivity index (χ1n) is 12.8. The molecule has 2 aliphatic rings. The van der Waals surface area contributed by atoms with Crippen molar-refractivity contribution >= 4 is 17.2 Å². The van der Waals surface area contributed by atoms with E-state index in [-0.39, 0.29) is 18.1 Å². The van der Waals surface area contributed by atoms with Gasteiger partial charge in [0.25, 0.3) is 0 Å². The molecule has 0 radical (unpaired) electrons. The zero-order valence-corrected chi connectivity index (χ0v) is 21.7. The number of hydrogen-bond donors (Lipinski definition) is 2. The molecule has 0 aromatic heterocycles. The number of benzene rings is 2. The summed E-state index contributed by atoms with van der Waals surface area (Å²) in [6.45, 7) is 9.14. The van der Waals surface area contributed by atoms with E-state index in [1.54, 1.807) is 25.9 Å². The molecule has 1 heterocycles. The predicted octanol–water partition coefficient (Wildman–Crippen LogP) is 3.85. The quantitative estimate of drug-likeness (QED) is 0.581. The van der Waals surface area contributed by atoms with Gasteiger partial charge in [-0.25, -0.2) is 0 Å². The number of aliphatic hydroxyl groups is 1. The Balaban J connectivity index is 1.61. The van der Waals surface area contributed by atoms with Crippen LogP contribution in [0.5, 0.6) is 11.5 Å². The maximum atomic E-state index is 13.4. The fourth-order valence-corrected chi connectivity index (χ4v) is 5.04. The van der Waals surface area contributed by atoms with Crippen LogP contribution in [-0.2, 0) is 4.79 Å². The van der Waals surface area contributed by atoms with Gasteiger partial charge >= 0.3 is 0 Å². The Hall–Kier alpha value is -3.03. The molecule has 36 heavy (non-hydrogen) atoms. The lowest BCUT2D eigenvalue weighted by molar-refractivity contribution is -0.139. The first-order chi connectivity index (χ1) is 17.2. The molecule has 194 valence electrons. The molecule has 0 bridgehead atoms. The lowest BCUT2D eigenvalue weighted by Gasteiger charge is -2.45. The molecule has 2 aromatic carbocycles. The van der Waals surface area contributed by atoms with E-state index in [9.17, 15) is 9.90 Å². The molecule has 0 spiro atoms. The molecule has 2 fully saturated rings. The highest BCUT2D eigenvalue weighted by molar-refractivity contribution is 5.86. The molecular formula is C29H39N3O4. The average molecular weight is 494 g/mol. The third kappa shape index (κ3) is 5.68. The van der Waals surface area contributed by atoms with Gasteiger partial charge in [-0.2, -0.15) is 0 Å². The lowest BCUT2D eigenvalue weighted by atomic mass is 9.93. The second-order valence-electron chi connectivity index (χ2n) is 10.4. The zero-order valence-electron chi connectivity index (χ0n) is 21.7. The predicted molar refractivity (Wildman–Crippen MR) is 143 cm³/mol. The monoisotopic (exact) mass is 493 g/mol. The third-order valence-electron chi connectivity index (χ3n) is 7.35. The van der Waals surface area contributed by atoms with Gasteiger partial charge in [0, 0.05) is 31.4 Å². The Morgan fingerprint density at radius 2 is 1.81 bits per heavy atom. The first-order valence-corrected chi connectivity index (χ1v) is 12.8. The van der Waals surface area contributed by atoms with Gasteiger partial charge in [-0.15, -0.1) is 0 Å². The van der Waals surface area contributed by atoms with Crippen LogP contribution in [0.1, 0.15) is 45.1 Å². The number of hydrogen-bond acceptors (Lipinski definition) is 6. The minimum absolute atomic E-state index is 0.220. The minimum atomic E-state index is -1.32. The smallest absolute Gasteiger partial charge is 0.243 e. The summed E-state index contributed by atoms with van der Waals surface area (Å²) in [5.74, 6) is 1.20. The second kappa shape index (κ2) is 10.9. The zero-order chi connectivity index (χ0) is 25.9. The lowest BCUT2D eigenvalue weighted by Crippen LogP contribution is -2.62. The van der Waals surface area contributed by atoms with Crippen molar-refractivity contribution in [3.05, 3.63) is 60.7 Å². The molecule has 2 aromatic rings. The van der Waals surface area contributed by atoms with Crippen LogP contribution in [0.3, 0.4) is 0 Å². The molecule has 7 nitrogen and oxygen atoms in total. The number of carbonyl (C=O) groups is 1. The summed E-state index contributed by atoms with van der Waals surface area (Å²) >= 11 is 0. The number of methoxy groups -OCH3 is 1. The fraction of sp³-hybridized carbons (Fsp3) is 0.483. The largest absolute Gasteiger partial charge is 0.493 e. The van der Waals surface area contributed by atoms with E-state index in [2.05, 4.69) is 11.5 Å². The van der Waals surface area contributed by atoms with Gasteiger partial charge in [0.1, 0.15) is 6.04 Å². The van der Waals surface area contributed by atoms with Crippen molar-refractivity contribution < 1.29 is 19.4 Å². The Morgan fingerprint density at radius 1 is 1.11 bits per heavy atom. The van der Waals surface area contributed by atoms with Crippen LogP contribution in [0.2, 0.25) is 0 Å². The third-order valence-corrected chi connectivity index (χ3v) is 7.35. The van der Waals surface area contributed by atoms with Crippen LogP contribution < -0.4 is 20.1 Å². The van der Waals surface area contributed by atoms with Gasteiger partial charge in [-0.1, -0.05) is 36.9 Å². The SMILES string of the molecule is C=C(c1ccccc1)C1CN(c2ccc(OC)c(OC3CCCC3)c2)CCN1C(=O)C(N)C(C)(C)O. The number of nitrogens with zero attached hydrogens (tertiary/aromatic N) is 2. The van der Waals surface area contributed by atoms with Crippen LogP contribution in [0.25, 0.3) is 5.57 Å². The maximum Gasteiger partial charge on any atom is 0.243 e. The number of nitrogens with two attached hydrogens (primary N) is 1. The van der Waals surface area contributed by atoms with Crippen molar-refractivity contribution in [2.24, 2.45) is 5.73 Å². The summed E-state index contributed by atoms with van der Waals surface area (Å²) in [5.41, 5.74) is 7.68. The number of amides is 1. The number of rotatable bonds is 8. The van der Waals surface area contributed by atoms with Crippen LogP contribution in [0.15, 0.2) is 55.1 Å². The number of ether oxygens (including phenoxy) is 2. The number of carbonyl (C=O) groups excluding carboxylic acids is 1. The van der Waals surface area contributed by atoms with Crippen LogP contribution in [-0.4, -0.2) is 66.4 Å². The van der Waals surface area contributed by atoms with Crippen molar-refractivity contribution in [1.29, 1.82) is 0 Å². The molecule has 1 saturated heterocycles. The normalized spacial score (nSPS) is 19.8. The molecule has 7 heteroatoms. The van der Waals surface area contributed by atoms with Gasteiger partial charge < -0.3 is 30.1 Å². The van der Waals surface area contributed by atoms with E-state index in [4.69, 9.17) is 15.2 Å². The summed E-state index contributed by atoms with van der Waals surface area (Å²) in [4.78, 5) is 17.4. The van der Waals surface area contributed by atoms with Crippen LogP contribution >= 0.6 is 0 Å². The fourth-order valence-electron chi connectivity index (χ4n) is 5.04. The van der Waals surface area contributed by atoms with E-state index in [1.165, 1.54) is 12.8 Å². The highest BCUT2D eigenvalue weighted by atomic mass is 16.5. The Kier molecular flexibility index (Phi) is 7.91. The van der Waals surface area contributed by atoms with E-state index in [0.717, 1.165) is 41.2 Å². The maximum absolute atomic E-state index is 13.4. The van der Waals surface area contributed by atoms with Gasteiger partial charge in [-0.3, -0.25) is 4.79 Å². The highest BCUT2D eigenvalue weighted by Crippen LogP contribution is 2.36. The van der Waals surface area contributed by atoms with E-state index in [0.29, 0.717) is 19.6 Å². The van der Waals surface area contributed by atoms with Crippen LogP contribution in [0, 0.1) is 0 Å². The van der Waals surface area contributed by atoms with Crippen molar-refractivity contribution in [2.45, 2.75) is 63.3 Å². The van der Waals surface area contributed by atoms with Crippen molar-refractivity contribution in [1.82, 2.24) is 4.90 Å². The van der Waals surface area contributed by atoms with Gasteiger partial charge in [0.05, 0.1) is 24.9 Å². The molecule has 2 unspecified atom stereocenters. The van der Waals surface area contributed by atoms with E-state index >= 15 is 0 Å². The van der Waals surface area contributed by atoms with Gasteiger partial charge in [0.15, 0.2) is 11.5 Å². The molecule has 1 aliphatic heterocycles. The Labute approximate surface area is 214 Å². The van der Waals surface area contributed by atoms with E-state index in [1.807, 2.05) is 48.5 Å². The average Bonchev–Trinajstić information content (AvgIpc) is 3.40. The highest BCUT2D eigenvalue weighted by Gasteiger charge is 2.39. The van der Waals surface area contributed by atoms with Crippen molar-refractivity contribution in [2.75, 3.05) is 31.6 Å². The van der Waals surface area contributed by atoms with Crippen LogP contribution in [0.4, 0.5) is 5.69 Å². The molecule has 3 N–H and O–H groups in total.